The number of nitrogens with one attached hydrogen (secondary N) is 1. The zero-order valence-electron chi connectivity index (χ0n) is 16.3. The van der Waals surface area contributed by atoms with Gasteiger partial charge in [-0.3, -0.25) is 4.90 Å². The largest absolute Gasteiger partial charge is 0.379 e. The number of rotatable bonds is 8. The number of urea groups is 1. The molecule has 0 unspecified atom stereocenters. The first-order chi connectivity index (χ1) is 13.7. The minimum absolute atomic E-state index is 0.115. The summed E-state index contributed by atoms with van der Waals surface area (Å²) >= 11 is 0. The lowest BCUT2D eigenvalue weighted by atomic mass is 10.2. The molecule has 1 aliphatic heterocycles. The number of morpholine rings is 1. The van der Waals surface area contributed by atoms with Crippen LogP contribution in [0.5, 0.6) is 0 Å². The highest BCUT2D eigenvalue weighted by Crippen LogP contribution is 2.12. The van der Waals surface area contributed by atoms with Crippen molar-refractivity contribution in [2.45, 2.75) is 20.0 Å². The van der Waals surface area contributed by atoms with Crippen LogP contribution >= 0.6 is 0 Å². The van der Waals surface area contributed by atoms with E-state index in [1.807, 2.05) is 23.8 Å². The zero-order chi connectivity index (χ0) is 19.8. The van der Waals surface area contributed by atoms with E-state index in [0.717, 1.165) is 38.7 Å². The number of hydrogen-bond acceptors (Lipinski definition) is 4. The predicted molar refractivity (Wildman–Crippen MR) is 104 cm³/mol. The molecular weight excluding hydrogens is 361 g/mol. The first-order valence-corrected chi connectivity index (χ1v) is 9.73. The molecule has 0 atom stereocenters. The van der Waals surface area contributed by atoms with Gasteiger partial charge >= 0.3 is 6.03 Å². The number of carbonyl (C=O) groups is 1. The Labute approximate surface area is 165 Å². The normalized spacial score (nSPS) is 14.8. The van der Waals surface area contributed by atoms with Gasteiger partial charge < -0.3 is 19.5 Å². The lowest BCUT2D eigenvalue weighted by molar-refractivity contribution is 0.0345. The molecular formula is C20H28FN5O2. The molecule has 1 fully saturated rings. The Hall–Kier alpha value is -2.45. The molecule has 3 rings (SSSR count). The lowest BCUT2D eigenvalue weighted by Crippen LogP contribution is -2.46. The Morgan fingerprint density at radius 2 is 2.11 bits per heavy atom. The number of hydrogen-bond donors (Lipinski definition) is 1. The van der Waals surface area contributed by atoms with E-state index in [2.05, 4.69) is 15.2 Å². The summed E-state index contributed by atoms with van der Waals surface area (Å²) in [5.74, 6) is 0.492. The molecule has 2 aromatic rings. The summed E-state index contributed by atoms with van der Waals surface area (Å²) in [4.78, 5) is 21.0. The molecule has 0 saturated carbocycles. The van der Waals surface area contributed by atoms with Crippen molar-refractivity contribution in [2.24, 2.45) is 0 Å². The predicted octanol–water partition coefficient (Wildman–Crippen LogP) is 1.93. The molecule has 1 N–H and O–H groups in total. The molecule has 8 heteroatoms. The summed E-state index contributed by atoms with van der Waals surface area (Å²) in [5, 5.41) is 2.87. The number of carbonyl (C=O) groups excluding carboxylic acids is 1. The van der Waals surface area contributed by atoms with Gasteiger partial charge in [-0.1, -0.05) is 18.2 Å². The van der Waals surface area contributed by atoms with Crippen LogP contribution in [0.15, 0.2) is 36.7 Å². The maximum atomic E-state index is 14.0. The first kappa shape index (κ1) is 20.3. The van der Waals surface area contributed by atoms with Crippen molar-refractivity contribution in [3.63, 3.8) is 0 Å². The summed E-state index contributed by atoms with van der Waals surface area (Å²) in [7, 11) is 0. The van der Waals surface area contributed by atoms with E-state index in [4.69, 9.17) is 4.74 Å². The average Bonchev–Trinajstić information content (AvgIpc) is 3.14. The molecule has 0 spiro atoms. The SMILES string of the molecule is CCNC(=O)N(CCN1CCOCC1)Cc1nccn1Cc1ccccc1F. The first-order valence-electron chi connectivity index (χ1n) is 9.73. The number of amides is 2. The van der Waals surface area contributed by atoms with Gasteiger partial charge in [0.05, 0.1) is 26.3 Å². The molecule has 0 aliphatic carbocycles. The third-order valence-electron chi connectivity index (χ3n) is 4.84. The van der Waals surface area contributed by atoms with E-state index in [-0.39, 0.29) is 11.8 Å². The summed E-state index contributed by atoms with van der Waals surface area (Å²) < 4.78 is 21.3. The highest BCUT2D eigenvalue weighted by atomic mass is 19.1. The second kappa shape index (κ2) is 10.2. The second-order valence-corrected chi connectivity index (χ2v) is 6.77. The van der Waals surface area contributed by atoms with Crippen molar-refractivity contribution in [3.8, 4) is 0 Å². The van der Waals surface area contributed by atoms with Crippen LogP contribution in [-0.2, 0) is 17.8 Å². The van der Waals surface area contributed by atoms with Gasteiger partial charge in [-0.15, -0.1) is 0 Å². The molecule has 0 radical (unpaired) electrons. The smallest absolute Gasteiger partial charge is 0.317 e. The van der Waals surface area contributed by atoms with E-state index in [0.29, 0.717) is 31.7 Å². The number of ether oxygens (including phenoxy) is 1. The number of imidazole rings is 1. The molecule has 1 aromatic heterocycles. The standard InChI is InChI=1S/C20H28FN5O2/c1-2-22-20(27)26(10-9-24-11-13-28-14-12-24)16-19-23-7-8-25(19)15-17-5-3-4-6-18(17)21/h3-8H,2,9-16H2,1H3,(H,22,27). The molecule has 7 nitrogen and oxygen atoms in total. The molecule has 28 heavy (non-hydrogen) atoms. The van der Waals surface area contributed by atoms with Crippen LogP contribution in [0.2, 0.25) is 0 Å². The monoisotopic (exact) mass is 389 g/mol. The van der Waals surface area contributed by atoms with Crippen LogP contribution in [0.25, 0.3) is 0 Å². The fraction of sp³-hybridized carbons (Fsp3) is 0.500. The highest BCUT2D eigenvalue weighted by molar-refractivity contribution is 5.74. The van der Waals surface area contributed by atoms with E-state index < -0.39 is 0 Å². The summed E-state index contributed by atoms with van der Waals surface area (Å²) in [5.41, 5.74) is 0.597. The summed E-state index contributed by atoms with van der Waals surface area (Å²) in [6, 6.07) is 6.60. The number of halogens is 1. The van der Waals surface area contributed by atoms with Crippen molar-refractivity contribution < 1.29 is 13.9 Å². The van der Waals surface area contributed by atoms with Gasteiger partial charge in [0, 0.05) is 50.7 Å². The third-order valence-corrected chi connectivity index (χ3v) is 4.84. The van der Waals surface area contributed by atoms with Gasteiger partial charge in [-0.25, -0.2) is 14.2 Å². The molecule has 2 amide bonds. The van der Waals surface area contributed by atoms with Crippen molar-refractivity contribution in [1.82, 2.24) is 24.7 Å². The van der Waals surface area contributed by atoms with Crippen LogP contribution in [0.4, 0.5) is 9.18 Å². The van der Waals surface area contributed by atoms with E-state index >= 15 is 0 Å². The molecule has 1 aromatic carbocycles. The van der Waals surface area contributed by atoms with Crippen LogP contribution in [-0.4, -0.2) is 71.3 Å². The van der Waals surface area contributed by atoms with Crippen LogP contribution in [0.1, 0.15) is 18.3 Å². The molecule has 2 heterocycles. The molecule has 0 bridgehead atoms. The third kappa shape index (κ3) is 5.53. The van der Waals surface area contributed by atoms with Crippen molar-refractivity contribution in [1.29, 1.82) is 0 Å². The number of nitrogens with zero attached hydrogens (tertiary/aromatic N) is 4. The van der Waals surface area contributed by atoms with E-state index in [1.165, 1.54) is 6.07 Å². The van der Waals surface area contributed by atoms with Crippen molar-refractivity contribution in [2.75, 3.05) is 45.9 Å². The average molecular weight is 389 g/mol. The number of aromatic nitrogens is 2. The van der Waals surface area contributed by atoms with Gasteiger partial charge in [0.2, 0.25) is 0 Å². The van der Waals surface area contributed by atoms with E-state index in [9.17, 15) is 9.18 Å². The van der Waals surface area contributed by atoms with Gasteiger partial charge in [-0.05, 0) is 13.0 Å². The molecule has 1 saturated heterocycles. The maximum absolute atomic E-state index is 14.0. The summed E-state index contributed by atoms with van der Waals surface area (Å²) in [6.45, 7) is 7.83. The van der Waals surface area contributed by atoms with Crippen LogP contribution in [0, 0.1) is 5.82 Å². The highest BCUT2D eigenvalue weighted by Gasteiger charge is 2.19. The molecule has 152 valence electrons. The Morgan fingerprint density at radius 3 is 2.86 bits per heavy atom. The van der Waals surface area contributed by atoms with Gasteiger partial charge in [0.1, 0.15) is 11.6 Å². The second-order valence-electron chi connectivity index (χ2n) is 6.77. The lowest BCUT2D eigenvalue weighted by Gasteiger charge is -2.30. The van der Waals surface area contributed by atoms with Crippen LogP contribution < -0.4 is 5.32 Å². The quantitative estimate of drug-likeness (QED) is 0.750. The molecule has 1 aliphatic rings. The van der Waals surface area contributed by atoms with Gasteiger partial charge in [0.25, 0.3) is 0 Å². The minimum atomic E-state index is -0.241. The van der Waals surface area contributed by atoms with Crippen LogP contribution in [0.3, 0.4) is 0 Å². The van der Waals surface area contributed by atoms with Gasteiger partial charge in [-0.2, -0.15) is 0 Å². The summed E-state index contributed by atoms with van der Waals surface area (Å²) in [6.07, 6.45) is 3.51. The van der Waals surface area contributed by atoms with Gasteiger partial charge in [0.15, 0.2) is 0 Å². The minimum Gasteiger partial charge on any atom is -0.379 e. The zero-order valence-corrected chi connectivity index (χ0v) is 16.3. The fourth-order valence-electron chi connectivity index (χ4n) is 3.22. The Morgan fingerprint density at radius 1 is 1.32 bits per heavy atom. The maximum Gasteiger partial charge on any atom is 0.317 e. The van der Waals surface area contributed by atoms with Crippen molar-refractivity contribution >= 4 is 6.03 Å². The van der Waals surface area contributed by atoms with Crippen molar-refractivity contribution in [3.05, 3.63) is 53.9 Å². The number of benzene rings is 1. The van der Waals surface area contributed by atoms with E-state index in [1.54, 1.807) is 23.2 Å². The fourth-order valence-corrected chi connectivity index (χ4v) is 3.22. The Balaban J connectivity index is 1.67. The topological polar surface area (TPSA) is 62.6 Å². The Kier molecular flexibility index (Phi) is 7.39. The Bertz CT molecular complexity index is 761.